The third-order valence-electron chi connectivity index (χ3n) is 3.63. The molecule has 16 heavy (non-hydrogen) atoms. The molecule has 0 bridgehead atoms. The van der Waals surface area contributed by atoms with Crippen molar-refractivity contribution in [3.05, 3.63) is 0 Å². The summed E-state index contributed by atoms with van der Waals surface area (Å²) in [4.78, 5) is 2.30. The zero-order valence-corrected chi connectivity index (χ0v) is 11.1. The molecule has 1 saturated carbocycles. The zero-order chi connectivity index (χ0) is 12.1. The first kappa shape index (κ1) is 13.9. The van der Waals surface area contributed by atoms with Crippen molar-refractivity contribution in [3.63, 3.8) is 0 Å². The molecule has 0 amide bonds. The highest BCUT2D eigenvalue weighted by molar-refractivity contribution is 4.81. The molecule has 3 atom stereocenters. The highest BCUT2D eigenvalue weighted by atomic mass is 16.5. The Balaban J connectivity index is 2.37. The fourth-order valence-corrected chi connectivity index (χ4v) is 2.99. The minimum Gasteiger partial charge on any atom is -0.389 e. The highest BCUT2D eigenvalue weighted by Crippen LogP contribution is 2.30. The Morgan fingerprint density at radius 3 is 2.31 bits per heavy atom. The quantitative estimate of drug-likeness (QED) is 0.779. The summed E-state index contributed by atoms with van der Waals surface area (Å²) >= 11 is 0. The fourth-order valence-electron chi connectivity index (χ4n) is 2.99. The van der Waals surface area contributed by atoms with Crippen molar-refractivity contribution < 1.29 is 9.84 Å². The monoisotopic (exact) mass is 229 g/mol. The van der Waals surface area contributed by atoms with Gasteiger partial charge in [0.15, 0.2) is 0 Å². The van der Waals surface area contributed by atoms with Gasteiger partial charge in [-0.25, -0.2) is 0 Å². The fraction of sp³-hybridized carbons (Fsp3) is 1.00. The van der Waals surface area contributed by atoms with E-state index in [-0.39, 0.29) is 6.10 Å². The van der Waals surface area contributed by atoms with E-state index in [1.807, 2.05) is 0 Å². The first-order chi connectivity index (χ1) is 7.52. The van der Waals surface area contributed by atoms with Gasteiger partial charge in [-0.3, -0.25) is 0 Å². The maximum atomic E-state index is 9.72. The molecule has 0 heterocycles. The van der Waals surface area contributed by atoms with E-state index in [1.165, 1.54) is 19.3 Å². The molecule has 0 aromatic rings. The van der Waals surface area contributed by atoms with Gasteiger partial charge < -0.3 is 14.7 Å². The van der Waals surface area contributed by atoms with E-state index in [1.54, 1.807) is 7.11 Å². The Kier molecular flexibility index (Phi) is 5.73. The third kappa shape index (κ3) is 4.40. The van der Waals surface area contributed by atoms with Gasteiger partial charge in [0.2, 0.25) is 0 Å². The lowest BCUT2D eigenvalue weighted by molar-refractivity contribution is 0.0232. The van der Waals surface area contributed by atoms with Crippen LogP contribution < -0.4 is 0 Å². The zero-order valence-electron chi connectivity index (χ0n) is 11.1. The molecule has 1 N–H and O–H groups in total. The minimum atomic E-state index is -0.359. The highest BCUT2D eigenvalue weighted by Gasteiger charge is 2.27. The lowest BCUT2D eigenvalue weighted by atomic mass is 9.80. The average Bonchev–Trinajstić information content (AvgIpc) is 2.16. The predicted octanol–water partition coefficient (Wildman–Crippen LogP) is 1.75. The largest absolute Gasteiger partial charge is 0.389 e. The van der Waals surface area contributed by atoms with Gasteiger partial charge in [0.05, 0.1) is 12.7 Å². The number of likely N-dealkylation sites (N-methyl/N-ethyl adjacent to an activating group) is 1. The Bertz CT molecular complexity index is 188. The average molecular weight is 229 g/mol. The number of ether oxygens (including phenoxy) is 1. The molecule has 0 aromatic heterocycles. The van der Waals surface area contributed by atoms with Crippen molar-refractivity contribution in [1.29, 1.82) is 0 Å². The Labute approximate surface area is 99.8 Å². The van der Waals surface area contributed by atoms with Crippen LogP contribution in [0, 0.1) is 11.8 Å². The molecule has 0 spiro atoms. The molecule has 1 fully saturated rings. The summed E-state index contributed by atoms with van der Waals surface area (Å²) in [6.07, 6.45) is 3.52. The number of hydrogen-bond acceptors (Lipinski definition) is 3. The van der Waals surface area contributed by atoms with Gasteiger partial charge in [-0.2, -0.15) is 0 Å². The van der Waals surface area contributed by atoms with E-state index in [0.717, 1.165) is 18.4 Å². The molecule has 0 radical (unpaired) electrons. The Hall–Kier alpha value is -0.120. The molecule has 96 valence electrons. The molecule has 1 aliphatic carbocycles. The van der Waals surface area contributed by atoms with Crippen molar-refractivity contribution in [2.75, 3.05) is 27.3 Å². The van der Waals surface area contributed by atoms with E-state index in [2.05, 4.69) is 25.8 Å². The first-order valence-corrected chi connectivity index (χ1v) is 6.40. The summed E-state index contributed by atoms with van der Waals surface area (Å²) in [5.41, 5.74) is 0. The lowest BCUT2D eigenvalue weighted by Crippen LogP contribution is -2.42. The molecule has 3 heteroatoms. The normalized spacial score (nSPS) is 33.0. The van der Waals surface area contributed by atoms with Crippen LogP contribution in [0.25, 0.3) is 0 Å². The molecule has 1 aliphatic rings. The van der Waals surface area contributed by atoms with E-state index in [0.29, 0.717) is 12.6 Å². The van der Waals surface area contributed by atoms with Gasteiger partial charge >= 0.3 is 0 Å². The molecule has 0 aromatic carbocycles. The standard InChI is InChI=1S/C13H27NO2/c1-10-5-11(2)7-12(6-10)14(3)8-13(15)9-16-4/h10-13,15H,5-9H2,1-4H3/t10-,11-,13+/m0/s1. The maximum Gasteiger partial charge on any atom is 0.0900 e. The molecule has 0 saturated heterocycles. The lowest BCUT2D eigenvalue weighted by Gasteiger charge is -2.38. The van der Waals surface area contributed by atoms with Gasteiger partial charge in [-0.05, 0) is 38.1 Å². The summed E-state index contributed by atoms with van der Waals surface area (Å²) in [6.45, 7) is 5.82. The van der Waals surface area contributed by atoms with Crippen LogP contribution in [0.5, 0.6) is 0 Å². The van der Waals surface area contributed by atoms with Crippen molar-refractivity contribution >= 4 is 0 Å². The number of aliphatic hydroxyl groups is 1. The van der Waals surface area contributed by atoms with E-state index in [9.17, 15) is 5.11 Å². The molecule has 1 rings (SSSR count). The van der Waals surface area contributed by atoms with Crippen LogP contribution in [0.3, 0.4) is 0 Å². The number of methoxy groups -OCH3 is 1. The van der Waals surface area contributed by atoms with E-state index < -0.39 is 0 Å². The van der Waals surface area contributed by atoms with Crippen LogP contribution in [0.4, 0.5) is 0 Å². The summed E-state index contributed by atoms with van der Waals surface area (Å²) in [6, 6.07) is 0.630. The van der Waals surface area contributed by atoms with Crippen molar-refractivity contribution in [1.82, 2.24) is 4.90 Å². The second-order valence-electron chi connectivity index (χ2n) is 5.62. The summed E-state index contributed by atoms with van der Waals surface area (Å²) in [5, 5.41) is 9.72. The number of rotatable bonds is 5. The maximum absolute atomic E-state index is 9.72. The molecule has 0 unspecified atom stereocenters. The van der Waals surface area contributed by atoms with Gasteiger partial charge in [-0.15, -0.1) is 0 Å². The van der Waals surface area contributed by atoms with E-state index >= 15 is 0 Å². The molecule has 3 nitrogen and oxygen atoms in total. The molecule has 0 aliphatic heterocycles. The van der Waals surface area contributed by atoms with Crippen LogP contribution in [0.1, 0.15) is 33.1 Å². The van der Waals surface area contributed by atoms with Crippen molar-refractivity contribution in [3.8, 4) is 0 Å². The van der Waals surface area contributed by atoms with Crippen LogP contribution in [-0.2, 0) is 4.74 Å². The van der Waals surface area contributed by atoms with Crippen molar-refractivity contribution in [2.24, 2.45) is 11.8 Å². The summed E-state index contributed by atoms with van der Waals surface area (Å²) in [7, 11) is 3.75. The van der Waals surface area contributed by atoms with Gasteiger partial charge in [0.25, 0.3) is 0 Å². The predicted molar refractivity (Wildman–Crippen MR) is 66.5 cm³/mol. The number of nitrogens with zero attached hydrogens (tertiary/aromatic N) is 1. The van der Waals surface area contributed by atoms with Crippen LogP contribution in [-0.4, -0.2) is 49.5 Å². The number of hydrogen-bond donors (Lipinski definition) is 1. The number of aliphatic hydroxyl groups excluding tert-OH is 1. The Morgan fingerprint density at radius 2 is 1.81 bits per heavy atom. The van der Waals surface area contributed by atoms with Gasteiger partial charge in [0, 0.05) is 19.7 Å². The van der Waals surface area contributed by atoms with Crippen LogP contribution in [0.2, 0.25) is 0 Å². The van der Waals surface area contributed by atoms with Crippen LogP contribution in [0.15, 0.2) is 0 Å². The summed E-state index contributed by atoms with van der Waals surface area (Å²) in [5.74, 6) is 1.63. The van der Waals surface area contributed by atoms with Crippen molar-refractivity contribution in [2.45, 2.75) is 45.3 Å². The summed E-state index contributed by atoms with van der Waals surface area (Å²) < 4.78 is 4.96. The smallest absolute Gasteiger partial charge is 0.0900 e. The van der Waals surface area contributed by atoms with Crippen LogP contribution >= 0.6 is 0 Å². The first-order valence-electron chi connectivity index (χ1n) is 6.40. The van der Waals surface area contributed by atoms with E-state index in [4.69, 9.17) is 4.74 Å². The molecular weight excluding hydrogens is 202 g/mol. The molecular formula is C13H27NO2. The second kappa shape index (κ2) is 6.58. The third-order valence-corrected chi connectivity index (χ3v) is 3.63. The second-order valence-corrected chi connectivity index (χ2v) is 5.62. The SMILES string of the molecule is COC[C@H](O)CN(C)C1C[C@@H](C)C[C@H](C)C1. The topological polar surface area (TPSA) is 32.7 Å². The van der Waals surface area contributed by atoms with Gasteiger partial charge in [0.1, 0.15) is 0 Å². The minimum absolute atomic E-state index is 0.359. The van der Waals surface area contributed by atoms with Gasteiger partial charge in [-0.1, -0.05) is 13.8 Å². The Morgan fingerprint density at radius 1 is 1.25 bits per heavy atom.